The van der Waals surface area contributed by atoms with Crippen molar-refractivity contribution in [3.05, 3.63) is 0 Å². The molecule has 0 rings (SSSR count). The standard InChI is InChI=1S/Ba.O.Y.Zr.2H. The fraction of sp³-hybridized carbons (Fsp3) is 0. The second kappa shape index (κ2) is 16.2. The van der Waals surface area contributed by atoms with E-state index in [-0.39, 0.29) is 106 Å². The number of hydrogen-bond acceptors (Lipinski definition) is 1. The monoisotopic (exact) mass is 335 g/mol. The van der Waals surface area contributed by atoms with Gasteiger partial charge in [0.25, 0.3) is 0 Å². The number of hydrogen-bond donors (Lipinski definition) is 0. The Morgan fingerprint density at radius 3 is 1.25 bits per heavy atom. The third-order valence-electron chi connectivity index (χ3n) is 0. The van der Waals surface area contributed by atoms with Crippen molar-refractivity contribution >= 4 is 48.9 Å². The molecule has 0 saturated carbocycles. The third-order valence-corrected chi connectivity index (χ3v) is 0. The van der Waals surface area contributed by atoms with Gasteiger partial charge < -0.3 is 0 Å². The van der Waals surface area contributed by atoms with E-state index in [0.29, 0.717) is 0 Å². The SMILES string of the molecule is [BaH2].[O]=[Y].[Zr]. The van der Waals surface area contributed by atoms with E-state index in [2.05, 4.69) is 0 Å². The Kier molecular flexibility index (Phi) is 63.4. The van der Waals surface area contributed by atoms with Gasteiger partial charge in [0.05, 0.1) is 0 Å². The molecular formula is H2BaOYZr. The average Bonchev–Trinajstić information content (AvgIpc) is 1.00. The van der Waals surface area contributed by atoms with Gasteiger partial charge in [0.1, 0.15) is 0 Å². The van der Waals surface area contributed by atoms with Crippen LogP contribution in [-0.4, -0.2) is 48.9 Å². The van der Waals surface area contributed by atoms with Crippen LogP contribution in [0, 0.1) is 0 Å². The molecule has 0 aliphatic heterocycles. The first-order valence-corrected chi connectivity index (χ1v) is 1.39. The molecule has 0 aliphatic rings. The Balaban J connectivity index is -0.00000000500. The topological polar surface area (TPSA) is 17.1 Å². The van der Waals surface area contributed by atoms with Gasteiger partial charge in [-0.25, -0.2) is 0 Å². The van der Waals surface area contributed by atoms with Gasteiger partial charge in [-0.1, -0.05) is 0 Å². The van der Waals surface area contributed by atoms with Crippen LogP contribution in [0.15, 0.2) is 0 Å². The average molecular weight is 335 g/mol. The van der Waals surface area contributed by atoms with E-state index in [1.807, 2.05) is 0 Å². The largest absolute Gasteiger partial charge is 0 e. The zero-order chi connectivity index (χ0) is 2.00. The third kappa shape index (κ3) is 9.02. The van der Waals surface area contributed by atoms with Crippen molar-refractivity contribution < 1.29 is 59.3 Å². The summed E-state index contributed by atoms with van der Waals surface area (Å²) >= 11 is 0.100. The Bertz CT molecular complexity index is 8.00. The van der Waals surface area contributed by atoms with E-state index in [1.165, 1.54) is 0 Å². The molecule has 0 heterocycles. The fourth-order valence-corrected chi connectivity index (χ4v) is 0. The van der Waals surface area contributed by atoms with Gasteiger partial charge in [-0.3, -0.25) is 0 Å². The minimum Gasteiger partial charge on any atom is 0 e. The van der Waals surface area contributed by atoms with Crippen molar-refractivity contribution in [3.63, 3.8) is 0 Å². The summed E-state index contributed by atoms with van der Waals surface area (Å²) in [7, 11) is 0. The molecule has 0 aromatic rings. The van der Waals surface area contributed by atoms with Gasteiger partial charge >= 0.3 is 81.9 Å². The first-order chi connectivity index (χ1) is 1.00. The molecule has 0 radical (unpaired) electrons. The molecule has 1 nitrogen and oxygen atoms in total. The molecule has 0 bridgehead atoms. The van der Waals surface area contributed by atoms with Gasteiger partial charge in [-0.2, -0.15) is 0 Å². The molecule has 4 heteroatoms. The summed E-state index contributed by atoms with van der Waals surface area (Å²) in [5, 5.41) is 0. The predicted octanol–water partition coefficient (Wildman–Crippen LogP) is -1.04. The van der Waals surface area contributed by atoms with Crippen LogP contribution in [0.5, 0.6) is 0 Å². The van der Waals surface area contributed by atoms with Gasteiger partial charge in [0, 0.05) is 26.2 Å². The maximum atomic E-state index is 8.38. The van der Waals surface area contributed by atoms with E-state index in [0.717, 1.165) is 0 Å². The summed E-state index contributed by atoms with van der Waals surface area (Å²) in [6.07, 6.45) is 0. The molecule has 0 saturated heterocycles. The van der Waals surface area contributed by atoms with Crippen LogP contribution in [0.3, 0.4) is 0 Å². The molecule has 0 amide bonds. The zero-order valence-electron chi connectivity index (χ0n) is 1.49. The zero-order valence-corrected chi connectivity index (χ0v) is 6.78. The van der Waals surface area contributed by atoms with Crippen LogP contribution in [0.4, 0.5) is 0 Å². The molecule has 0 N–H and O–H groups in total. The van der Waals surface area contributed by atoms with E-state index in [1.54, 1.807) is 0 Å². The minimum absolute atomic E-state index is 0. The number of rotatable bonds is 0. The maximum absolute atomic E-state index is 8.38. The Morgan fingerprint density at radius 1 is 1.25 bits per heavy atom. The Morgan fingerprint density at radius 2 is 1.25 bits per heavy atom. The summed E-state index contributed by atoms with van der Waals surface area (Å²) in [5.41, 5.74) is 0. The molecule has 17 valence electrons. The van der Waals surface area contributed by atoms with Gasteiger partial charge in [0.2, 0.25) is 0 Å². The van der Waals surface area contributed by atoms with Gasteiger partial charge in [-0.15, -0.1) is 0 Å². The first-order valence-electron chi connectivity index (χ1n) is 0.236. The van der Waals surface area contributed by atoms with Crippen LogP contribution < -0.4 is 0 Å². The smallest absolute Gasteiger partial charge is 0 e. The van der Waals surface area contributed by atoms with Crippen LogP contribution in [0.25, 0.3) is 0 Å². The predicted molar refractivity (Wildman–Crippen MR) is 9.23 cm³/mol. The van der Waals surface area contributed by atoms with Crippen molar-refractivity contribution in [2.75, 3.05) is 0 Å². The summed E-state index contributed by atoms with van der Waals surface area (Å²) in [4.78, 5) is 0. The summed E-state index contributed by atoms with van der Waals surface area (Å²) in [6.45, 7) is 0. The molecule has 0 aromatic heterocycles. The van der Waals surface area contributed by atoms with E-state index >= 15 is 0 Å². The van der Waals surface area contributed by atoms with Crippen LogP contribution in [-0.2, 0) is 59.3 Å². The van der Waals surface area contributed by atoms with E-state index in [9.17, 15) is 0 Å². The summed E-state index contributed by atoms with van der Waals surface area (Å²) in [6, 6.07) is 0. The molecule has 0 unspecified atom stereocenters. The van der Waals surface area contributed by atoms with Crippen LogP contribution in [0.2, 0.25) is 0 Å². The van der Waals surface area contributed by atoms with Crippen molar-refractivity contribution in [2.24, 2.45) is 0 Å². The fourth-order valence-electron chi connectivity index (χ4n) is 0. The second-order valence-corrected chi connectivity index (χ2v) is 0. The van der Waals surface area contributed by atoms with Crippen LogP contribution >= 0.6 is 0 Å². The molecular weight excluding hydrogens is 333 g/mol. The molecule has 4 heavy (non-hydrogen) atoms. The van der Waals surface area contributed by atoms with Gasteiger partial charge in [-0.05, 0) is 0 Å². The molecule has 0 atom stereocenters. The van der Waals surface area contributed by atoms with Crippen molar-refractivity contribution in [1.82, 2.24) is 0 Å². The van der Waals surface area contributed by atoms with Crippen LogP contribution in [0.1, 0.15) is 0 Å². The molecule has 0 aliphatic carbocycles. The van der Waals surface area contributed by atoms with E-state index < -0.39 is 0 Å². The van der Waals surface area contributed by atoms with Crippen molar-refractivity contribution in [2.45, 2.75) is 0 Å². The maximum Gasteiger partial charge on any atom is 0 e. The normalized spacial score (nSPS) is 1.50. The summed E-state index contributed by atoms with van der Waals surface area (Å²) in [5.74, 6) is 0. The quantitative estimate of drug-likeness (QED) is 0.517. The first kappa shape index (κ1) is 15.7. The molecule has 0 spiro atoms. The van der Waals surface area contributed by atoms with Gasteiger partial charge in [0.15, 0.2) is 0 Å². The minimum atomic E-state index is 0. The molecule has 0 aromatic carbocycles. The van der Waals surface area contributed by atoms with Crippen molar-refractivity contribution in [1.29, 1.82) is 0 Å². The Labute approximate surface area is 105 Å². The summed E-state index contributed by atoms with van der Waals surface area (Å²) < 4.78 is 8.38. The molecule has 0 fully saturated rings. The Hall–Kier alpha value is 3.36. The second-order valence-electron chi connectivity index (χ2n) is 0. The van der Waals surface area contributed by atoms with E-state index in [4.69, 9.17) is 2.04 Å². The van der Waals surface area contributed by atoms with Crippen molar-refractivity contribution in [3.8, 4) is 0 Å².